The minimum atomic E-state index is -5.08. The Balaban J connectivity index is 0.000000687. The number of amides is 2. The van der Waals surface area contributed by atoms with E-state index in [2.05, 4.69) is 10.3 Å². The number of pyridine rings is 1. The van der Waals surface area contributed by atoms with Crippen molar-refractivity contribution in [2.75, 3.05) is 26.2 Å². The van der Waals surface area contributed by atoms with Crippen LogP contribution in [0.1, 0.15) is 40.7 Å². The van der Waals surface area contributed by atoms with Gasteiger partial charge in [0.05, 0.1) is 6.54 Å². The van der Waals surface area contributed by atoms with E-state index in [0.29, 0.717) is 48.4 Å². The van der Waals surface area contributed by atoms with Crippen molar-refractivity contribution < 1.29 is 70.4 Å². The number of carboxylic acid groups (broad SMARTS) is 3. The number of carboxylic acids is 3. The van der Waals surface area contributed by atoms with Crippen molar-refractivity contribution in [2.45, 2.75) is 38.0 Å². The molecule has 1 fully saturated rings. The number of alkyl halides is 6. The van der Waals surface area contributed by atoms with Gasteiger partial charge in [-0.05, 0) is 43.0 Å². The molecule has 1 saturated heterocycles. The third kappa shape index (κ3) is 14.8. The van der Waals surface area contributed by atoms with Crippen LogP contribution in [-0.4, -0.2) is 99.4 Å². The lowest BCUT2D eigenvalue weighted by molar-refractivity contribution is -0.193. The zero-order valence-corrected chi connectivity index (χ0v) is 24.8. The van der Waals surface area contributed by atoms with E-state index in [-0.39, 0.29) is 49.6 Å². The van der Waals surface area contributed by atoms with Crippen molar-refractivity contribution in [3.8, 4) is 5.75 Å². The number of carbonyl (C=O) groups excluding carboxylic acids is 2. The highest BCUT2D eigenvalue weighted by Gasteiger charge is 2.39. The molecule has 7 N–H and O–H groups in total. The fraction of sp³-hybridized carbons (Fsp3) is 0.393. The molecule has 0 saturated carbocycles. The zero-order chi connectivity index (χ0) is 36.7. The number of benzene rings is 1. The first-order chi connectivity index (χ1) is 22.2. The number of piperidine rings is 1. The maximum absolute atomic E-state index is 12.6. The summed E-state index contributed by atoms with van der Waals surface area (Å²) in [7, 11) is 0. The second kappa shape index (κ2) is 18.6. The largest absolute Gasteiger partial charge is 0.491 e. The summed E-state index contributed by atoms with van der Waals surface area (Å²) in [6, 6.07) is 8.33. The summed E-state index contributed by atoms with van der Waals surface area (Å²) in [6.07, 6.45) is -5.59. The molecule has 1 aliphatic rings. The molecule has 264 valence electrons. The zero-order valence-electron chi connectivity index (χ0n) is 24.8. The fourth-order valence-corrected chi connectivity index (χ4v) is 3.81. The van der Waals surface area contributed by atoms with Gasteiger partial charge in [0.2, 0.25) is 5.91 Å². The number of aryl methyl sites for hydroxylation is 1. The number of aromatic nitrogens is 1. The van der Waals surface area contributed by atoms with E-state index in [1.54, 1.807) is 47.6 Å². The molecule has 0 radical (unpaired) electrons. The Labute approximate surface area is 268 Å². The van der Waals surface area contributed by atoms with Crippen LogP contribution in [0.3, 0.4) is 0 Å². The summed E-state index contributed by atoms with van der Waals surface area (Å²) in [5.41, 5.74) is 7.31. The van der Waals surface area contributed by atoms with Gasteiger partial charge in [0.1, 0.15) is 18.2 Å². The predicted octanol–water partition coefficient (Wildman–Crippen LogP) is 2.70. The number of carbonyl (C=O) groups is 5. The van der Waals surface area contributed by atoms with Gasteiger partial charge in [-0.15, -0.1) is 0 Å². The first-order valence-electron chi connectivity index (χ1n) is 13.6. The number of amidine groups is 1. The molecule has 2 aromatic rings. The molecule has 3 rings (SSSR count). The van der Waals surface area contributed by atoms with Crippen LogP contribution < -0.4 is 15.8 Å². The second-order valence-corrected chi connectivity index (χ2v) is 9.68. The molecule has 0 unspecified atom stereocenters. The number of ether oxygens (including phenoxy) is 1. The highest BCUT2D eigenvalue weighted by Crippen LogP contribution is 2.23. The lowest BCUT2D eigenvalue weighted by Crippen LogP contribution is -2.43. The van der Waals surface area contributed by atoms with Crippen LogP contribution in [0, 0.1) is 11.3 Å². The number of hydrogen-bond acceptors (Lipinski definition) is 8. The molecule has 20 heteroatoms. The van der Waals surface area contributed by atoms with Gasteiger partial charge in [-0.1, -0.05) is 12.1 Å². The molecule has 1 aromatic heterocycles. The molecule has 0 bridgehead atoms. The van der Waals surface area contributed by atoms with Crippen molar-refractivity contribution in [3.63, 3.8) is 0 Å². The summed E-state index contributed by atoms with van der Waals surface area (Å²) in [5.74, 6) is -6.40. The number of aliphatic carboxylic acids is 3. The van der Waals surface area contributed by atoms with Crippen LogP contribution in [0.15, 0.2) is 42.7 Å². The van der Waals surface area contributed by atoms with Crippen molar-refractivity contribution in [2.24, 2.45) is 11.7 Å². The number of nitrogens with two attached hydrogens (primary N) is 1. The molecule has 0 atom stereocenters. The van der Waals surface area contributed by atoms with Crippen molar-refractivity contribution in [1.29, 1.82) is 5.41 Å². The number of hydrogen-bond donors (Lipinski definition) is 6. The Bertz CT molecular complexity index is 1410. The monoisotopic (exact) mass is 695 g/mol. The Morgan fingerprint density at radius 2 is 1.44 bits per heavy atom. The average molecular weight is 696 g/mol. The lowest BCUT2D eigenvalue weighted by atomic mass is 9.95. The van der Waals surface area contributed by atoms with Crippen LogP contribution in [-0.2, 0) is 25.6 Å². The van der Waals surface area contributed by atoms with Gasteiger partial charge in [-0.3, -0.25) is 24.8 Å². The van der Waals surface area contributed by atoms with Crippen molar-refractivity contribution in [3.05, 3.63) is 59.4 Å². The highest BCUT2D eigenvalue weighted by molar-refractivity contribution is 5.95. The normalized spacial score (nSPS) is 13.1. The summed E-state index contributed by atoms with van der Waals surface area (Å²) in [4.78, 5) is 59.5. The first kappa shape index (κ1) is 40.6. The topological polar surface area (TPSA) is 233 Å². The van der Waals surface area contributed by atoms with Crippen LogP contribution in [0.2, 0.25) is 0 Å². The Morgan fingerprint density at radius 3 is 1.90 bits per heavy atom. The van der Waals surface area contributed by atoms with Gasteiger partial charge < -0.3 is 36.0 Å². The summed E-state index contributed by atoms with van der Waals surface area (Å²) in [5, 5.41) is 33.7. The molecule has 1 aliphatic heterocycles. The third-order valence-electron chi connectivity index (χ3n) is 6.21. The number of halogens is 6. The molecule has 1 aromatic carbocycles. The van der Waals surface area contributed by atoms with Crippen molar-refractivity contribution >= 4 is 35.6 Å². The standard InChI is InChI=1S/C24H29N5O5.2C2HF3O2/c25-22(26)19-2-1-16(3-4-21(30)31)20(15-19)34-14-11-28-23(32)17-7-12-29(13-8-17)24(33)18-5-9-27-10-6-18;2*3-2(4,5)1(6)7/h1-2,5-6,9-10,15,17H,3-4,7-8,11-14H2,(H3,25,26)(H,28,32)(H,30,31);2*(H,6,7). The minimum absolute atomic E-state index is 0.0468. The van der Waals surface area contributed by atoms with E-state index in [1.807, 2.05) is 0 Å². The summed E-state index contributed by atoms with van der Waals surface area (Å²) in [6.45, 7) is 1.49. The van der Waals surface area contributed by atoms with Crippen LogP contribution in [0.5, 0.6) is 5.75 Å². The smallest absolute Gasteiger partial charge is 0.490 e. The number of nitrogen functional groups attached to an aromatic ring is 1. The molecular weight excluding hydrogens is 664 g/mol. The van der Waals surface area contributed by atoms with E-state index in [4.69, 9.17) is 40.8 Å². The third-order valence-corrected chi connectivity index (χ3v) is 6.21. The number of likely N-dealkylation sites (tertiary alicyclic amines) is 1. The van der Waals surface area contributed by atoms with Gasteiger partial charge in [-0.2, -0.15) is 26.3 Å². The van der Waals surface area contributed by atoms with E-state index >= 15 is 0 Å². The molecular formula is C28H31F6N5O9. The molecule has 0 spiro atoms. The first-order valence-corrected chi connectivity index (χ1v) is 13.6. The predicted molar refractivity (Wildman–Crippen MR) is 152 cm³/mol. The molecule has 2 amide bonds. The van der Waals surface area contributed by atoms with Gasteiger partial charge in [-0.25, -0.2) is 9.59 Å². The van der Waals surface area contributed by atoms with Gasteiger partial charge in [0, 0.05) is 48.9 Å². The van der Waals surface area contributed by atoms with Crippen LogP contribution in [0.25, 0.3) is 0 Å². The van der Waals surface area contributed by atoms with E-state index in [0.717, 1.165) is 0 Å². The SMILES string of the molecule is N=C(N)c1ccc(CCC(=O)O)c(OCCNC(=O)C2CCN(C(=O)c3ccncc3)CC2)c1.O=C(O)C(F)(F)F.O=C(O)C(F)(F)F. The fourth-order valence-electron chi connectivity index (χ4n) is 3.81. The molecule has 2 heterocycles. The van der Waals surface area contributed by atoms with Crippen LogP contribution >= 0.6 is 0 Å². The maximum Gasteiger partial charge on any atom is 0.490 e. The van der Waals surface area contributed by atoms with Gasteiger partial charge >= 0.3 is 30.3 Å². The summed E-state index contributed by atoms with van der Waals surface area (Å²) >= 11 is 0. The molecule has 14 nitrogen and oxygen atoms in total. The molecule has 0 aliphatic carbocycles. The van der Waals surface area contributed by atoms with Crippen LogP contribution in [0.4, 0.5) is 26.3 Å². The quantitative estimate of drug-likeness (QED) is 0.0915. The van der Waals surface area contributed by atoms with Gasteiger partial charge in [0.25, 0.3) is 5.91 Å². The average Bonchev–Trinajstić information content (AvgIpc) is 3.02. The maximum atomic E-state index is 12.6. The van der Waals surface area contributed by atoms with E-state index in [1.165, 1.54) is 0 Å². The lowest BCUT2D eigenvalue weighted by Gasteiger charge is -2.31. The number of rotatable bonds is 10. The van der Waals surface area contributed by atoms with Crippen molar-refractivity contribution in [1.82, 2.24) is 15.2 Å². The van der Waals surface area contributed by atoms with E-state index in [9.17, 15) is 40.7 Å². The Morgan fingerprint density at radius 1 is 0.917 bits per heavy atom. The minimum Gasteiger partial charge on any atom is -0.491 e. The second-order valence-electron chi connectivity index (χ2n) is 9.68. The number of nitrogens with zero attached hydrogens (tertiary/aromatic N) is 2. The highest BCUT2D eigenvalue weighted by atomic mass is 19.4. The van der Waals surface area contributed by atoms with E-state index < -0.39 is 30.3 Å². The Hall–Kier alpha value is -5.43. The Kier molecular flexibility index (Phi) is 15.8. The molecule has 48 heavy (non-hydrogen) atoms. The number of nitrogens with one attached hydrogen (secondary N) is 2. The van der Waals surface area contributed by atoms with Gasteiger partial charge in [0.15, 0.2) is 0 Å². The summed E-state index contributed by atoms with van der Waals surface area (Å²) < 4.78 is 69.2.